The zero-order valence-corrected chi connectivity index (χ0v) is 35.5. The topological polar surface area (TPSA) is 129 Å². The molecule has 0 aromatic carbocycles. The summed E-state index contributed by atoms with van der Waals surface area (Å²) in [7, 11) is 3.22. The van der Waals surface area contributed by atoms with Crippen molar-refractivity contribution in [1.29, 1.82) is 0 Å². The minimum atomic E-state index is -0.806. The molecule has 4 bridgehead atoms. The highest BCUT2D eigenvalue weighted by molar-refractivity contribution is 5.86. The number of rotatable bonds is 9. The highest BCUT2D eigenvalue weighted by Gasteiger charge is 2.69. The van der Waals surface area contributed by atoms with Gasteiger partial charge in [0.1, 0.15) is 31.4 Å². The molecule has 6 aliphatic carbocycles. The van der Waals surface area contributed by atoms with Crippen LogP contribution in [-0.4, -0.2) is 80.3 Å². The van der Waals surface area contributed by atoms with Crippen LogP contribution in [0.3, 0.4) is 0 Å². The maximum Gasteiger partial charge on any atom is 0.146 e. The molecule has 0 saturated heterocycles. The highest BCUT2D eigenvalue weighted by Crippen LogP contribution is 2.69. The summed E-state index contributed by atoms with van der Waals surface area (Å²) in [5.41, 5.74) is -2.25. The van der Waals surface area contributed by atoms with Gasteiger partial charge in [-0.1, -0.05) is 74.5 Å². The van der Waals surface area contributed by atoms with Gasteiger partial charge in [0.05, 0.1) is 29.8 Å². The molecule has 6 saturated carbocycles. The first-order valence-electron chi connectivity index (χ1n) is 21.1. The number of Topliss-reactive ketones (excluding diaryl/α,β-unsaturated/α-hetero) is 2. The van der Waals surface area contributed by atoms with Crippen molar-refractivity contribution in [2.45, 2.75) is 157 Å². The number of carbonyl (C=O) groups is 3. The maximum absolute atomic E-state index is 13.2. The lowest BCUT2D eigenvalue weighted by Gasteiger charge is -2.62. The number of ether oxygens (including phenoxy) is 4. The van der Waals surface area contributed by atoms with Crippen molar-refractivity contribution in [2.24, 2.45) is 68.0 Å². The maximum atomic E-state index is 13.2. The van der Waals surface area contributed by atoms with Crippen LogP contribution in [0.1, 0.15) is 133 Å². The zero-order valence-electron chi connectivity index (χ0n) is 35.5. The molecule has 0 radical (unpaired) electrons. The molecule has 6 rings (SSSR count). The van der Waals surface area contributed by atoms with Gasteiger partial charge in [-0.15, -0.1) is 0 Å². The van der Waals surface area contributed by atoms with Crippen molar-refractivity contribution in [3.8, 4) is 0 Å². The van der Waals surface area contributed by atoms with Gasteiger partial charge >= 0.3 is 0 Å². The molecule has 6 aliphatic rings. The molecule has 0 heterocycles. The third-order valence-corrected chi connectivity index (χ3v) is 17.4. The number of allylic oxidation sites excluding steroid dienone is 1. The molecule has 308 valence electrons. The fourth-order valence-corrected chi connectivity index (χ4v) is 13.9. The molecule has 0 spiro atoms. The van der Waals surface area contributed by atoms with E-state index in [2.05, 4.69) is 67.5 Å². The van der Waals surface area contributed by atoms with Crippen LogP contribution in [0.15, 0.2) is 12.2 Å². The molecule has 0 aromatic heterocycles. The van der Waals surface area contributed by atoms with Gasteiger partial charge in [0.2, 0.25) is 0 Å². The molecule has 4 unspecified atom stereocenters. The number of carbonyl (C=O) groups excluding carboxylic acids is 3. The second-order valence-corrected chi connectivity index (χ2v) is 19.8. The number of hydrogen-bond donors (Lipinski definition) is 2. The summed E-state index contributed by atoms with van der Waals surface area (Å²) < 4.78 is 22.8. The van der Waals surface area contributed by atoms with Gasteiger partial charge in [-0.2, -0.15) is 0 Å². The summed E-state index contributed by atoms with van der Waals surface area (Å²) in [6.07, 6.45) is 12.6. The minimum Gasteiger partial charge on any atom is -0.392 e. The van der Waals surface area contributed by atoms with Crippen LogP contribution in [-0.2, 0) is 33.3 Å². The van der Waals surface area contributed by atoms with Crippen LogP contribution in [0.4, 0.5) is 0 Å². The Morgan fingerprint density at radius 1 is 0.685 bits per heavy atom. The summed E-state index contributed by atoms with van der Waals surface area (Å²) in [6.45, 7) is 19.7. The van der Waals surface area contributed by atoms with Crippen LogP contribution in [0, 0.1) is 68.0 Å². The van der Waals surface area contributed by atoms with E-state index in [1.54, 1.807) is 14.2 Å². The predicted molar refractivity (Wildman–Crippen MR) is 208 cm³/mol. The third kappa shape index (κ3) is 6.64. The van der Waals surface area contributed by atoms with Crippen LogP contribution in [0.2, 0.25) is 0 Å². The van der Waals surface area contributed by atoms with Gasteiger partial charge in [-0.25, -0.2) is 0 Å². The summed E-state index contributed by atoms with van der Waals surface area (Å²) in [6, 6.07) is 0. The van der Waals surface area contributed by atoms with Crippen LogP contribution in [0.25, 0.3) is 0 Å². The lowest BCUT2D eigenvalue weighted by molar-refractivity contribution is -0.217. The fraction of sp³-hybridized carbons (Fsp3) is 0.889. The molecule has 0 aliphatic heterocycles. The van der Waals surface area contributed by atoms with Crippen molar-refractivity contribution in [1.82, 2.24) is 0 Å². The second kappa shape index (κ2) is 16.0. The highest BCUT2D eigenvalue weighted by atomic mass is 16.7. The Labute approximate surface area is 326 Å². The quantitative estimate of drug-likeness (QED) is 0.138. The van der Waals surface area contributed by atoms with Crippen molar-refractivity contribution in [2.75, 3.05) is 27.8 Å². The molecule has 2 N–H and O–H groups in total. The minimum absolute atomic E-state index is 0.0450. The van der Waals surface area contributed by atoms with Crippen molar-refractivity contribution in [3.05, 3.63) is 12.2 Å². The molecule has 54 heavy (non-hydrogen) atoms. The van der Waals surface area contributed by atoms with Gasteiger partial charge in [0.25, 0.3) is 0 Å². The van der Waals surface area contributed by atoms with Gasteiger partial charge in [0, 0.05) is 55.1 Å². The van der Waals surface area contributed by atoms with E-state index in [0.717, 1.165) is 51.2 Å². The van der Waals surface area contributed by atoms with E-state index in [1.807, 2.05) is 6.92 Å². The predicted octanol–water partition coefficient (Wildman–Crippen LogP) is 7.73. The Balaban J connectivity index is 0.000000208. The normalized spacial score (nSPS) is 50.2. The monoisotopic (exact) mass is 759 g/mol. The lowest BCUT2D eigenvalue weighted by atomic mass is 9.44. The van der Waals surface area contributed by atoms with Crippen molar-refractivity contribution >= 4 is 17.9 Å². The number of aliphatic hydroxyl groups excluding tert-OH is 2. The van der Waals surface area contributed by atoms with E-state index in [1.165, 1.54) is 0 Å². The molecule has 6 fully saturated rings. The average molecular weight is 759 g/mol. The Morgan fingerprint density at radius 3 is 1.48 bits per heavy atom. The Kier molecular flexibility index (Phi) is 13.0. The number of hydrogen-bond acceptors (Lipinski definition) is 9. The van der Waals surface area contributed by atoms with Crippen molar-refractivity contribution < 1.29 is 43.5 Å². The van der Waals surface area contributed by atoms with Crippen molar-refractivity contribution in [3.63, 3.8) is 0 Å². The Morgan fingerprint density at radius 2 is 1.09 bits per heavy atom. The van der Waals surface area contributed by atoms with E-state index in [-0.39, 0.29) is 82.8 Å². The molecule has 16 atom stereocenters. The molecule has 0 amide bonds. The number of aliphatic hydroxyl groups is 2. The van der Waals surface area contributed by atoms with E-state index < -0.39 is 23.0 Å². The first-order valence-corrected chi connectivity index (χ1v) is 21.1. The van der Waals surface area contributed by atoms with E-state index in [4.69, 9.17) is 18.9 Å². The van der Waals surface area contributed by atoms with E-state index >= 15 is 0 Å². The average Bonchev–Trinajstić information content (AvgIpc) is 3.68. The zero-order chi connectivity index (χ0) is 40.1. The SMILES string of the molecule is CC/C=C/[C@]1(C)C[C@@H](O)[C@@]2(C)C3C(=O)CCC3(CC[C@H]2C)[C@@H](C)[C@@H]1OCOC.COCO[C@H]1[C@H](C)C23CCC(=O)C2[C@@](C)([C@H](C)CC3)[C@H](O)C[C@@]1(C)C=O. The van der Waals surface area contributed by atoms with Crippen LogP contribution in [0.5, 0.6) is 0 Å². The summed E-state index contributed by atoms with van der Waals surface area (Å²) in [4.78, 5) is 38.4. The second-order valence-electron chi connectivity index (χ2n) is 19.8. The summed E-state index contributed by atoms with van der Waals surface area (Å²) in [5, 5.41) is 22.9. The summed E-state index contributed by atoms with van der Waals surface area (Å²) >= 11 is 0. The smallest absolute Gasteiger partial charge is 0.146 e. The Hall–Kier alpha value is -1.49. The van der Waals surface area contributed by atoms with Gasteiger partial charge in [-0.3, -0.25) is 9.59 Å². The number of ketones is 2. The van der Waals surface area contributed by atoms with Crippen LogP contribution < -0.4 is 0 Å². The van der Waals surface area contributed by atoms with E-state index in [9.17, 15) is 24.6 Å². The first kappa shape index (κ1) is 43.6. The van der Waals surface area contributed by atoms with Gasteiger partial charge in [-0.05, 0) is 92.3 Å². The molecule has 9 nitrogen and oxygen atoms in total. The first-order chi connectivity index (χ1) is 25.3. The lowest BCUT2D eigenvalue weighted by Crippen LogP contribution is -2.63. The molecular formula is C45H74O9. The fourth-order valence-electron chi connectivity index (χ4n) is 13.9. The van der Waals surface area contributed by atoms with E-state index in [0.29, 0.717) is 37.4 Å². The van der Waals surface area contributed by atoms with Gasteiger partial charge < -0.3 is 34.0 Å². The molecule has 9 heteroatoms. The standard InChI is InChI=1S/C24H40O4.C21H34O5/c1-7-8-11-22(4)14-19(26)23(5)16(2)9-12-24(13-10-18(25)20(23)24)17(3)21(22)28-15-27-6;1-13-6-8-21-9-7-15(23)17(21)20(13,4)16(24)10-19(3,11-22)18(14(21)2)26-12-25-5/h8,11,16-17,19-21,26H,7,9-10,12-15H2,1-6H3;11,13-14,16-18,24H,6-10,12H2,1-5H3/b11-8+;/t16-,17+,19-,20?,21+,22-,23+,24?;13-,14+,16-,17?,18+,19+,20+,21?/m11/s1. The number of aldehydes is 1. The van der Waals surface area contributed by atoms with Gasteiger partial charge in [0.15, 0.2) is 0 Å². The molecule has 0 aromatic rings. The third-order valence-electron chi connectivity index (χ3n) is 17.4. The number of methoxy groups -OCH3 is 2. The summed E-state index contributed by atoms with van der Waals surface area (Å²) in [5.74, 6) is 1.27. The largest absolute Gasteiger partial charge is 0.392 e. The Bertz CT molecular complexity index is 1400. The molecular weight excluding hydrogens is 684 g/mol. The van der Waals surface area contributed by atoms with Crippen LogP contribution >= 0.6 is 0 Å².